The molecule has 0 atom stereocenters. The van der Waals surface area contributed by atoms with Crippen LogP contribution in [0.5, 0.6) is 5.75 Å². The molecule has 3 rings (SSSR count). The molecule has 0 bridgehead atoms. The Bertz CT molecular complexity index is 633. The number of aromatic carboxylic acids is 1. The molecule has 0 unspecified atom stereocenters. The van der Waals surface area contributed by atoms with Crippen LogP contribution >= 0.6 is 0 Å². The molecule has 0 amide bonds. The Morgan fingerprint density at radius 1 is 1.20 bits per heavy atom. The molecule has 1 fully saturated rings. The van der Waals surface area contributed by atoms with Gasteiger partial charge in [-0.25, -0.2) is 4.79 Å². The van der Waals surface area contributed by atoms with Crippen LogP contribution in [-0.4, -0.2) is 22.2 Å². The van der Waals surface area contributed by atoms with Gasteiger partial charge in [0.05, 0.1) is 17.8 Å². The summed E-state index contributed by atoms with van der Waals surface area (Å²) in [6.07, 6.45) is 7.17. The number of para-hydroxylation sites is 1. The van der Waals surface area contributed by atoms with Crippen LogP contribution in [0.15, 0.2) is 30.5 Å². The maximum atomic E-state index is 11.6. The number of hydrogen-bond donors (Lipinski definition) is 1. The van der Waals surface area contributed by atoms with Crippen molar-refractivity contribution in [3.05, 3.63) is 36.0 Å². The summed E-state index contributed by atoms with van der Waals surface area (Å²) in [6.45, 7) is 0. The van der Waals surface area contributed by atoms with E-state index in [0.717, 1.165) is 25.7 Å². The normalized spacial score (nSPS) is 16.2. The predicted octanol–water partition coefficient (Wildman–Crippen LogP) is 3.64. The maximum absolute atomic E-state index is 11.6. The van der Waals surface area contributed by atoms with Crippen molar-refractivity contribution in [3.8, 4) is 5.75 Å². The second-order valence-electron chi connectivity index (χ2n) is 5.20. The molecule has 1 aliphatic carbocycles. The number of rotatable bonds is 3. The minimum Gasteiger partial charge on any atom is -0.488 e. The van der Waals surface area contributed by atoms with Gasteiger partial charge in [0.25, 0.3) is 0 Å². The number of carboxylic acids is 1. The number of nitrogens with zero attached hydrogens (tertiary/aromatic N) is 1. The summed E-state index contributed by atoms with van der Waals surface area (Å²) in [4.78, 5) is 15.9. The van der Waals surface area contributed by atoms with E-state index in [4.69, 9.17) is 4.74 Å². The highest BCUT2D eigenvalue weighted by molar-refractivity contribution is 6.04. The molecule has 0 spiro atoms. The van der Waals surface area contributed by atoms with Crippen molar-refractivity contribution >= 4 is 16.9 Å². The fourth-order valence-electron chi connectivity index (χ4n) is 2.80. The van der Waals surface area contributed by atoms with Crippen molar-refractivity contribution in [2.45, 2.75) is 38.2 Å². The summed E-state index contributed by atoms with van der Waals surface area (Å²) in [5.41, 5.74) is 0.905. The van der Waals surface area contributed by atoms with Crippen molar-refractivity contribution in [1.82, 2.24) is 4.98 Å². The number of benzene rings is 1. The molecule has 1 aromatic heterocycles. The first-order valence-corrected chi connectivity index (χ1v) is 7.03. The molecule has 1 aromatic carbocycles. The Labute approximate surface area is 117 Å². The Balaban J connectivity index is 2.01. The minimum atomic E-state index is -0.964. The Morgan fingerprint density at radius 2 is 1.95 bits per heavy atom. The molecule has 104 valence electrons. The molecule has 4 heteroatoms. The number of fused-ring (bicyclic) bond motifs is 1. The maximum Gasteiger partial charge on any atom is 0.340 e. The average molecular weight is 271 g/mol. The molecular formula is C16H17NO3. The zero-order valence-electron chi connectivity index (χ0n) is 11.2. The van der Waals surface area contributed by atoms with E-state index < -0.39 is 5.97 Å². The second-order valence-corrected chi connectivity index (χ2v) is 5.20. The second kappa shape index (κ2) is 5.49. The fourth-order valence-corrected chi connectivity index (χ4v) is 2.80. The van der Waals surface area contributed by atoms with E-state index in [0.29, 0.717) is 16.7 Å². The highest BCUT2D eigenvalue weighted by atomic mass is 16.5. The van der Waals surface area contributed by atoms with Crippen molar-refractivity contribution in [2.24, 2.45) is 0 Å². The fraction of sp³-hybridized carbons (Fsp3) is 0.375. The van der Waals surface area contributed by atoms with Gasteiger partial charge in [-0.1, -0.05) is 24.6 Å². The van der Waals surface area contributed by atoms with E-state index in [1.165, 1.54) is 6.42 Å². The van der Waals surface area contributed by atoms with Gasteiger partial charge in [-0.05, 0) is 31.7 Å². The molecule has 1 N–H and O–H groups in total. The van der Waals surface area contributed by atoms with E-state index >= 15 is 0 Å². The largest absolute Gasteiger partial charge is 0.488 e. The van der Waals surface area contributed by atoms with Gasteiger partial charge in [-0.2, -0.15) is 0 Å². The van der Waals surface area contributed by atoms with Crippen LogP contribution in [0.2, 0.25) is 0 Å². The number of pyridine rings is 1. The minimum absolute atomic E-state index is 0.116. The summed E-state index contributed by atoms with van der Waals surface area (Å²) >= 11 is 0. The Hall–Kier alpha value is -2.10. The quantitative estimate of drug-likeness (QED) is 0.925. The van der Waals surface area contributed by atoms with Crippen LogP contribution in [-0.2, 0) is 0 Å². The molecule has 2 aromatic rings. The van der Waals surface area contributed by atoms with Crippen LogP contribution in [0, 0.1) is 0 Å². The average Bonchev–Trinajstić information content (AvgIpc) is 2.47. The first-order valence-electron chi connectivity index (χ1n) is 7.03. The SMILES string of the molecule is O=C(O)c1c(OC2CCCCC2)cnc2ccccc12. The van der Waals surface area contributed by atoms with E-state index in [2.05, 4.69) is 4.98 Å². The van der Waals surface area contributed by atoms with Gasteiger partial charge in [-0.15, -0.1) is 0 Å². The summed E-state index contributed by atoms with van der Waals surface area (Å²) in [5.74, 6) is -0.572. The van der Waals surface area contributed by atoms with E-state index in [1.54, 1.807) is 12.3 Å². The molecule has 1 heterocycles. The van der Waals surface area contributed by atoms with Crippen LogP contribution < -0.4 is 4.74 Å². The molecule has 0 saturated heterocycles. The Kier molecular flexibility index (Phi) is 3.54. The van der Waals surface area contributed by atoms with E-state index in [1.807, 2.05) is 18.2 Å². The lowest BCUT2D eigenvalue weighted by Crippen LogP contribution is -2.21. The van der Waals surface area contributed by atoms with Crippen molar-refractivity contribution in [2.75, 3.05) is 0 Å². The molecule has 1 saturated carbocycles. The van der Waals surface area contributed by atoms with Crippen molar-refractivity contribution in [3.63, 3.8) is 0 Å². The van der Waals surface area contributed by atoms with Gasteiger partial charge >= 0.3 is 5.97 Å². The zero-order valence-corrected chi connectivity index (χ0v) is 11.2. The number of ether oxygens (including phenoxy) is 1. The summed E-state index contributed by atoms with van der Waals surface area (Å²) in [7, 11) is 0. The number of aromatic nitrogens is 1. The number of carbonyl (C=O) groups is 1. The lowest BCUT2D eigenvalue weighted by atomic mass is 9.97. The summed E-state index contributed by atoms with van der Waals surface area (Å²) < 4.78 is 5.91. The first-order chi connectivity index (χ1) is 9.75. The van der Waals surface area contributed by atoms with Crippen LogP contribution in [0.3, 0.4) is 0 Å². The lowest BCUT2D eigenvalue weighted by molar-refractivity contribution is 0.0688. The highest BCUT2D eigenvalue weighted by Crippen LogP contribution is 2.29. The van der Waals surface area contributed by atoms with Gasteiger partial charge in [0, 0.05) is 5.39 Å². The molecule has 0 radical (unpaired) electrons. The molecule has 0 aliphatic heterocycles. The molecule has 20 heavy (non-hydrogen) atoms. The van der Waals surface area contributed by atoms with Crippen molar-refractivity contribution in [1.29, 1.82) is 0 Å². The van der Waals surface area contributed by atoms with Gasteiger partial charge in [0.1, 0.15) is 5.56 Å². The van der Waals surface area contributed by atoms with E-state index in [-0.39, 0.29) is 11.7 Å². The first kappa shape index (κ1) is 12.9. The molecule has 1 aliphatic rings. The monoisotopic (exact) mass is 271 g/mol. The molecule has 4 nitrogen and oxygen atoms in total. The zero-order chi connectivity index (χ0) is 13.9. The van der Waals surface area contributed by atoms with E-state index in [9.17, 15) is 9.90 Å². The number of hydrogen-bond acceptors (Lipinski definition) is 3. The summed E-state index contributed by atoms with van der Waals surface area (Å²) in [6, 6.07) is 7.26. The van der Waals surface area contributed by atoms with Gasteiger partial charge in [0.2, 0.25) is 0 Å². The smallest absolute Gasteiger partial charge is 0.340 e. The van der Waals surface area contributed by atoms with Crippen LogP contribution in [0.25, 0.3) is 10.9 Å². The predicted molar refractivity (Wildman–Crippen MR) is 76.2 cm³/mol. The highest BCUT2D eigenvalue weighted by Gasteiger charge is 2.21. The summed E-state index contributed by atoms with van der Waals surface area (Å²) in [5, 5.41) is 10.1. The third kappa shape index (κ3) is 2.46. The molecular weight excluding hydrogens is 254 g/mol. The van der Waals surface area contributed by atoms with Gasteiger partial charge < -0.3 is 9.84 Å². The third-order valence-corrected chi connectivity index (χ3v) is 3.80. The topological polar surface area (TPSA) is 59.4 Å². The third-order valence-electron chi connectivity index (χ3n) is 3.80. The standard InChI is InChI=1S/C16H17NO3/c18-16(19)15-12-8-4-5-9-13(12)17-10-14(15)20-11-6-2-1-3-7-11/h4-5,8-11H,1-3,6-7H2,(H,18,19). The Morgan fingerprint density at radius 3 is 2.70 bits per heavy atom. The van der Waals surface area contributed by atoms with Crippen LogP contribution in [0.4, 0.5) is 0 Å². The lowest BCUT2D eigenvalue weighted by Gasteiger charge is -2.23. The van der Waals surface area contributed by atoms with Gasteiger partial charge in [-0.3, -0.25) is 4.98 Å². The van der Waals surface area contributed by atoms with Crippen molar-refractivity contribution < 1.29 is 14.6 Å². The van der Waals surface area contributed by atoms with Gasteiger partial charge in [0.15, 0.2) is 5.75 Å². The number of carboxylic acid groups (broad SMARTS) is 1. The van der Waals surface area contributed by atoms with Crippen LogP contribution in [0.1, 0.15) is 42.5 Å².